The Morgan fingerprint density at radius 2 is 1.65 bits per heavy atom. The molecule has 0 bridgehead atoms. The van der Waals surface area contributed by atoms with Gasteiger partial charge in [0.25, 0.3) is 0 Å². The van der Waals surface area contributed by atoms with Crippen LogP contribution in [0, 0.1) is 20.8 Å². The first kappa shape index (κ1) is 16.6. The van der Waals surface area contributed by atoms with E-state index in [4.69, 9.17) is 0 Å². The maximum Gasteiger partial charge on any atom is 0.489 e. The molecule has 6 nitrogen and oxygen atoms in total. The van der Waals surface area contributed by atoms with Gasteiger partial charge in [0, 0.05) is 0 Å². The van der Waals surface area contributed by atoms with Gasteiger partial charge in [-0.3, -0.25) is 0 Å². The zero-order valence-corrected chi connectivity index (χ0v) is 12.2. The van der Waals surface area contributed by atoms with E-state index in [1.54, 1.807) is 0 Å². The number of rotatable bonds is 3. The monoisotopic (exact) mass is 304 g/mol. The largest absolute Gasteiger partial charge is 0.489 e. The lowest BCUT2D eigenvalue weighted by atomic mass is 9.72. The smallest absolute Gasteiger partial charge is 0.465 e. The van der Waals surface area contributed by atoms with E-state index in [-0.39, 0.29) is 27.7 Å². The molecule has 0 fully saturated rings. The summed E-state index contributed by atoms with van der Waals surface area (Å²) >= 11 is 0. The quantitative estimate of drug-likeness (QED) is 0.453. The van der Waals surface area contributed by atoms with Crippen molar-refractivity contribution in [1.82, 2.24) is 0 Å². The lowest BCUT2D eigenvalue weighted by Crippen LogP contribution is -2.37. The van der Waals surface area contributed by atoms with Gasteiger partial charge in [0.15, 0.2) is 0 Å². The second-order valence-corrected chi connectivity index (χ2v) is 5.58. The number of hydrogen-bond acceptors (Lipinski definition) is 6. The number of halogens is 1. The summed E-state index contributed by atoms with van der Waals surface area (Å²) in [6, 6.07) is 0. The van der Waals surface area contributed by atoms with Crippen molar-refractivity contribution in [2.45, 2.75) is 25.7 Å². The van der Waals surface area contributed by atoms with Gasteiger partial charge in [-0.15, -0.1) is 3.89 Å². The molecule has 20 heavy (non-hydrogen) atoms. The van der Waals surface area contributed by atoms with Crippen molar-refractivity contribution in [2.24, 2.45) is 0 Å². The highest BCUT2D eigenvalue weighted by Crippen LogP contribution is 2.27. The van der Waals surface area contributed by atoms with Gasteiger partial charge in [0.1, 0.15) is 4.90 Å². The third kappa shape index (κ3) is 2.69. The number of benzene rings is 1. The first-order valence-electron chi connectivity index (χ1n) is 5.56. The van der Waals surface area contributed by atoms with E-state index >= 15 is 0 Å². The van der Waals surface area contributed by atoms with Gasteiger partial charge >= 0.3 is 23.3 Å². The van der Waals surface area contributed by atoms with Crippen LogP contribution < -0.4 is 5.46 Å². The van der Waals surface area contributed by atoms with Crippen LogP contribution in [0.25, 0.3) is 0 Å². The maximum absolute atomic E-state index is 13.4. The SMILES string of the molecule is COC(=O)c1c(C)c(B(O)O)c(C)c(S(=O)(=O)F)c1C. The Hall–Kier alpha value is -1.45. The van der Waals surface area contributed by atoms with Crippen LogP contribution in [0.2, 0.25) is 0 Å². The predicted molar refractivity (Wildman–Crippen MR) is 70.1 cm³/mol. The third-order valence-electron chi connectivity index (χ3n) is 3.13. The molecule has 1 aromatic rings. The van der Waals surface area contributed by atoms with Gasteiger partial charge in [-0.1, -0.05) is 0 Å². The Labute approximate surface area is 116 Å². The summed E-state index contributed by atoms with van der Waals surface area (Å²) in [5.74, 6) is -0.883. The summed E-state index contributed by atoms with van der Waals surface area (Å²) in [5, 5.41) is 18.7. The summed E-state index contributed by atoms with van der Waals surface area (Å²) in [7, 11) is -6.09. The molecule has 0 unspecified atom stereocenters. The van der Waals surface area contributed by atoms with Crippen molar-refractivity contribution < 1.29 is 31.9 Å². The Kier molecular flexibility index (Phi) is 4.57. The van der Waals surface area contributed by atoms with Gasteiger partial charge in [0.2, 0.25) is 0 Å². The van der Waals surface area contributed by atoms with Crippen LogP contribution in [-0.4, -0.2) is 38.7 Å². The molecule has 0 atom stereocenters. The summed E-state index contributed by atoms with van der Waals surface area (Å²) in [6.07, 6.45) is 0. The highest BCUT2D eigenvalue weighted by atomic mass is 32.3. The number of carbonyl (C=O) groups is 1. The molecule has 110 valence electrons. The number of hydrogen-bond donors (Lipinski definition) is 2. The topological polar surface area (TPSA) is 101 Å². The second kappa shape index (κ2) is 5.51. The molecule has 2 N–H and O–H groups in total. The van der Waals surface area contributed by atoms with E-state index in [2.05, 4.69) is 4.74 Å². The van der Waals surface area contributed by atoms with Crippen molar-refractivity contribution in [3.8, 4) is 0 Å². The van der Waals surface area contributed by atoms with Crippen LogP contribution in [0.1, 0.15) is 27.0 Å². The molecule has 0 aliphatic heterocycles. The number of esters is 1. The van der Waals surface area contributed by atoms with Gasteiger partial charge in [-0.25, -0.2) is 4.79 Å². The molecular weight excluding hydrogens is 290 g/mol. The first-order chi connectivity index (χ1) is 9.03. The lowest BCUT2D eigenvalue weighted by molar-refractivity contribution is 0.0599. The third-order valence-corrected chi connectivity index (χ3v) is 4.23. The summed E-state index contributed by atoms with van der Waals surface area (Å²) in [6.45, 7) is 3.89. The van der Waals surface area contributed by atoms with Gasteiger partial charge in [0.05, 0.1) is 12.7 Å². The van der Waals surface area contributed by atoms with E-state index in [9.17, 15) is 27.1 Å². The van der Waals surface area contributed by atoms with Crippen LogP contribution in [0.15, 0.2) is 4.90 Å². The molecule has 0 radical (unpaired) electrons. The molecule has 1 rings (SSSR count). The van der Waals surface area contributed by atoms with E-state index in [0.717, 1.165) is 7.11 Å². The van der Waals surface area contributed by atoms with Crippen molar-refractivity contribution in [3.05, 3.63) is 22.3 Å². The fourth-order valence-corrected chi connectivity index (χ4v) is 3.32. The second-order valence-electron chi connectivity index (χ2n) is 4.30. The molecule has 0 aliphatic rings. The highest BCUT2D eigenvalue weighted by molar-refractivity contribution is 7.86. The highest BCUT2D eigenvalue weighted by Gasteiger charge is 2.32. The molecule has 0 heterocycles. The van der Waals surface area contributed by atoms with Crippen molar-refractivity contribution >= 4 is 28.8 Å². The minimum absolute atomic E-state index is 0.126. The first-order valence-corrected chi connectivity index (χ1v) is 6.95. The number of ether oxygens (including phenoxy) is 1. The van der Waals surface area contributed by atoms with Crippen LogP contribution in [-0.2, 0) is 15.0 Å². The van der Waals surface area contributed by atoms with Gasteiger partial charge in [-0.05, 0) is 42.9 Å². The molecule has 0 saturated heterocycles. The Bertz CT molecular complexity index is 668. The standard InChI is InChI=1S/C11H14BFO6S/c1-5-8(11(14)19-4)6(2)10(20(13,17)18)7(3)9(5)12(15)16/h15-16H,1-4H3. The Morgan fingerprint density at radius 3 is 2.00 bits per heavy atom. The van der Waals surface area contributed by atoms with Crippen LogP contribution >= 0.6 is 0 Å². The molecule has 0 amide bonds. The Morgan fingerprint density at radius 1 is 1.15 bits per heavy atom. The van der Waals surface area contributed by atoms with E-state index in [1.165, 1.54) is 20.8 Å². The summed E-state index contributed by atoms with van der Waals surface area (Å²) < 4.78 is 40.4. The molecule has 1 aromatic carbocycles. The molecule has 0 spiro atoms. The summed E-state index contributed by atoms with van der Waals surface area (Å²) in [4.78, 5) is 11.0. The average molecular weight is 304 g/mol. The zero-order valence-electron chi connectivity index (χ0n) is 11.4. The lowest BCUT2D eigenvalue weighted by Gasteiger charge is -2.18. The fourth-order valence-electron chi connectivity index (χ4n) is 2.38. The number of carbonyl (C=O) groups excluding carboxylic acids is 1. The molecule has 0 aliphatic carbocycles. The Balaban J connectivity index is 3.99. The minimum Gasteiger partial charge on any atom is -0.465 e. The van der Waals surface area contributed by atoms with Crippen molar-refractivity contribution in [1.29, 1.82) is 0 Å². The fraction of sp³-hybridized carbons (Fsp3) is 0.364. The molecule has 0 saturated carbocycles. The molecule has 0 aromatic heterocycles. The van der Waals surface area contributed by atoms with Crippen LogP contribution in [0.3, 0.4) is 0 Å². The average Bonchev–Trinajstić information content (AvgIpc) is 2.25. The van der Waals surface area contributed by atoms with Crippen LogP contribution in [0.4, 0.5) is 3.89 Å². The predicted octanol–water partition coefficient (Wildman–Crippen LogP) is -0.264. The number of methoxy groups -OCH3 is 1. The summed E-state index contributed by atoms with van der Waals surface area (Å²) in [5.41, 5.74) is -0.567. The minimum atomic E-state index is -5.13. The maximum atomic E-state index is 13.4. The molecule has 9 heteroatoms. The van der Waals surface area contributed by atoms with Crippen LogP contribution in [0.5, 0.6) is 0 Å². The van der Waals surface area contributed by atoms with E-state index in [1.807, 2.05) is 0 Å². The van der Waals surface area contributed by atoms with E-state index in [0.29, 0.717) is 0 Å². The van der Waals surface area contributed by atoms with Gasteiger partial charge < -0.3 is 14.8 Å². The normalized spacial score (nSPS) is 11.3. The van der Waals surface area contributed by atoms with Gasteiger partial charge in [-0.2, -0.15) is 8.42 Å². The van der Waals surface area contributed by atoms with Crippen molar-refractivity contribution in [3.63, 3.8) is 0 Å². The molecular formula is C11H14BFO6S. The van der Waals surface area contributed by atoms with Crippen molar-refractivity contribution in [2.75, 3.05) is 7.11 Å². The van der Waals surface area contributed by atoms with E-state index < -0.39 is 28.2 Å². The zero-order chi connectivity index (χ0) is 15.8.